The predicted molar refractivity (Wildman–Crippen MR) is 74.4 cm³/mol. The van der Waals surface area contributed by atoms with Gasteiger partial charge in [0.1, 0.15) is 5.02 Å². The molecule has 1 N–H and O–H groups in total. The van der Waals surface area contributed by atoms with E-state index in [4.69, 9.17) is 27.9 Å². The molecule has 0 atom stereocenters. The Balaban J connectivity index is 2.19. The fourth-order valence-corrected chi connectivity index (χ4v) is 2.34. The molecule has 0 radical (unpaired) electrons. The first kappa shape index (κ1) is 15.0. The minimum absolute atomic E-state index is 0.00441. The molecule has 6 nitrogen and oxygen atoms in total. The highest BCUT2D eigenvalue weighted by Crippen LogP contribution is 2.33. The normalized spacial score (nSPS) is 15.9. The summed E-state index contributed by atoms with van der Waals surface area (Å²) >= 11 is 11.5. The molecule has 1 heterocycles. The zero-order valence-corrected chi connectivity index (χ0v) is 11.9. The lowest BCUT2D eigenvalue weighted by Gasteiger charge is -2.23. The first-order valence-corrected chi connectivity index (χ1v) is 6.76. The Bertz CT molecular complexity index is 545. The number of nitro groups is 1. The second kappa shape index (κ2) is 6.39. The van der Waals surface area contributed by atoms with Crippen molar-refractivity contribution in [3.05, 3.63) is 37.9 Å². The lowest BCUT2D eigenvalue weighted by Crippen LogP contribution is -2.38. The van der Waals surface area contributed by atoms with Gasteiger partial charge in [-0.2, -0.15) is 0 Å². The summed E-state index contributed by atoms with van der Waals surface area (Å²) in [4.78, 5) is 22.3. The number of benzene rings is 1. The lowest BCUT2D eigenvalue weighted by molar-refractivity contribution is -0.384. The minimum atomic E-state index is -0.667. The average molecular weight is 319 g/mol. The first-order chi connectivity index (χ1) is 9.49. The highest BCUT2D eigenvalue weighted by molar-refractivity contribution is 6.43. The van der Waals surface area contributed by atoms with Gasteiger partial charge in [0.2, 0.25) is 0 Å². The smallest absolute Gasteiger partial charge is 0.290 e. The van der Waals surface area contributed by atoms with Gasteiger partial charge in [-0.05, 0) is 18.9 Å². The van der Waals surface area contributed by atoms with E-state index in [1.165, 1.54) is 6.07 Å². The van der Waals surface area contributed by atoms with Crippen molar-refractivity contribution >= 4 is 34.8 Å². The Kier molecular flexibility index (Phi) is 4.80. The van der Waals surface area contributed by atoms with Crippen molar-refractivity contribution in [3.8, 4) is 0 Å². The third kappa shape index (κ3) is 3.39. The van der Waals surface area contributed by atoms with E-state index in [0.29, 0.717) is 13.2 Å². The molecule has 1 amide bonds. The van der Waals surface area contributed by atoms with Crippen molar-refractivity contribution in [2.45, 2.75) is 18.9 Å². The number of amides is 1. The molecule has 1 aliphatic rings. The maximum absolute atomic E-state index is 12.1. The molecule has 108 valence electrons. The number of nitrogens with one attached hydrogen (secondary N) is 1. The topological polar surface area (TPSA) is 81.5 Å². The van der Waals surface area contributed by atoms with Crippen LogP contribution >= 0.6 is 23.2 Å². The van der Waals surface area contributed by atoms with Gasteiger partial charge >= 0.3 is 0 Å². The molecular formula is C12H12Cl2N2O4. The molecule has 1 aliphatic heterocycles. The van der Waals surface area contributed by atoms with Crippen molar-refractivity contribution in [1.29, 1.82) is 0 Å². The van der Waals surface area contributed by atoms with Gasteiger partial charge in [-0.25, -0.2) is 0 Å². The third-order valence-electron chi connectivity index (χ3n) is 3.02. The number of rotatable bonds is 3. The van der Waals surface area contributed by atoms with Gasteiger partial charge in [0, 0.05) is 30.9 Å². The molecule has 0 bridgehead atoms. The van der Waals surface area contributed by atoms with Crippen LogP contribution in [0.3, 0.4) is 0 Å². The molecule has 20 heavy (non-hydrogen) atoms. The zero-order chi connectivity index (χ0) is 14.7. The van der Waals surface area contributed by atoms with Crippen LogP contribution in [0.1, 0.15) is 23.2 Å². The van der Waals surface area contributed by atoms with Crippen LogP contribution in [0.5, 0.6) is 0 Å². The van der Waals surface area contributed by atoms with E-state index in [1.54, 1.807) is 0 Å². The molecule has 0 unspecified atom stereocenters. The molecule has 1 fully saturated rings. The Morgan fingerprint density at radius 1 is 1.35 bits per heavy atom. The molecule has 8 heteroatoms. The zero-order valence-electron chi connectivity index (χ0n) is 10.4. The van der Waals surface area contributed by atoms with Crippen LogP contribution < -0.4 is 5.32 Å². The summed E-state index contributed by atoms with van der Waals surface area (Å²) in [6.45, 7) is 1.18. The largest absolute Gasteiger partial charge is 0.381 e. The molecule has 0 spiro atoms. The lowest BCUT2D eigenvalue weighted by atomic mass is 10.1. The molecule has 1 saturated heterocycles. The minimum Gasteiger partial charge on any atom is -0.381 e. The number of ether oxygens (including phenoxy) is 1. The number of carbonyl (C=O) groups is 1. The molecule has 0 aromatic heterocycles. The molecule has 2 rings (SSSR count). The van der Waals surface area contributed by atoms with Crippen LogP contribution in [0.25, 0.3) is 0 Å². The third-order valence-corrected chi connectivity index (χ3v) is 3.82. The quantitative estimate of drug-likeness (QED) is 0.686. The Morgan fingerprint density at radius 3 is 2.60 bits per heavy atom. The summed E-state index contributed by atoms with van der Waals surface area (Å²) in [5.74, 6) is -0.404. The Labute approximate surface area is 125 Å². The van der Waals surface area contributed by atoms with E-state index < -0.39 is 10.8 Å². The predicted octanol–water partition coefficient (Wildman–Crippen LogP) is 2.81. The van der Waals surface area contributed by atoms with E-state index in [0.717, 1.165) is 18.9 Å². The van der Waals surface area contributed by atoms with Crippen LogP contribution in [0.15, 0.2) is 12.1 Å². The van der Waals surface area contributed by atoms with Crippen LogP contribution in [-0.4, -0.2) is 30.1 Å². The van der Waals surface area contributed by atoms with Crippen molar-refractivity contribution in [3.63, 3.8) is 0 Å². The highest BCUT2D eigenvalue weighted by atomic mass is 35.5. The van der Waals surface area contributed by atoms with E-state index in [9.17, 15) is 14.9 Å². The molecule has 1 aromatic rings. The maximum atomic E-state index is 12.1. The number of nitrogens with zero attached hydrogens (tertiary/aromatic N) is 1. The van der Waals surface area contributed by atoms with Gasteiger partial charge in [0.15, 0.2) is 0 Å². The number of halogens is 2. The molecule has 1 aromatic carbocycles. The number of hydrogen-bond donors (Lipinski definition) is 1. The van der Waals surface area contributed by atoms with Gasteiger partial charge in [-0.1, -0.05) is 23.2 Å². The second-order valence-electron chi connectivity index (χ2n) is 4.41. The Morgan fingerprint density at radius 2 is 2.00 bits per heavy atom. The molecule has 0 saturated carbocycles. The standard InChI is InChI=1S/C12H12Cl2N2O4/c13-9-5-7(6-10(11(9)14)16(18)19)12(17)15-8-1-3-20-4-2-8/h5-6,8H,1-4H2,(H,15,17). The maximum Gasteiger partial charge on any atom is 0.290 e. The summed E-state index contributed by atoms with van der Waals surface area (Å²) in [5.41, 5.74) is -0.256. The summed E-state index contributed by atoms with van der Waals surface area (Å²) in [7, 11) is 0. The monoisotopic (exact) mass is 318 g/mol. The second-order valence-corrected chi connectivity index (χ2v) is 5.19. The molecular weight excluding hydrogens is 307 g/mol. The number of nitro benzene ring substituents is 1. The fraction of sp³-hybridized carbons (Fsp3) is 0.417. The van der Waals surface area contributed by atoms with E-state index in [2.05, 4.69) is 5.32 Å². The van der Waals surface area contributed by atoms with Crippen molar-refractivity contribution in [2.24, 2.45) is 0 Å². The van der Waals surface area contributed by atoms with Gasteiger partial charge < -0.3 is 10.1 Å². The summed E-state index contributed by atoms with van der Waals surface area (Å²) in [5, 5.41) is 13.5. The van der Waals surface area contributed by atoms with Crippen LogP contribution in [0, 0.1) is 10.1 Å². The van der Waals surface area contributed by atoms with E-state index in [1.807, 2.05) is 0 Å². The first-order valence-electron chi connectivity index (χ1n) is 6.01. The Hall–Kier alpha value is -1.37. The highest BCUT2D eigenvalue weighted by Gasteiger charge is 2.22. The van der Waals surface area contributed by atoms with Crippen molar-refractivity contribution in [1.82, 2.24) is 5.32 Å². The number of hydrogen-bond acceptors (Lipinski definition) is 4. The van der Waals surface area contributed by atoms with Gasteiger partial charge in [-0.3, -0.25) is 14.9 Å². The van der Waals surface area contributed by atoms with Crippen molar-refractivity contribution in [2.75, 3.05) is 13.2 Å². The van der Waals surface area contributed by atoms with Crippen molar-refractivity contribution < 1.29 is 14.5 Å². The van der Waals surface area contributed by atoms with Crippen LogP contribution in [0.4, 0.5) is 5.69 Å². The SMILES string of the molecule is O=C(NC1CCOCC1)c1cc(Cl)c(Cl)c([N+](=O)[O-])c1. The summed E-state index contributed by atoms with van der Waals surface area (Å²) in [6, 6.07) is 2.46. The summed E-state index contributed by atoms with van der Waals surface area (Å²) < 4.78 is 5.19. The van der Waals surface area contributed by atoms with Crippen LogP contribution in [0.2, 0.25) is 10.0 Å². The average Bonchev–Trinajstić information content (AvgIpc) is 2.42. The van der Waals surface area contributed by atoms with E-state index in [-0.39, 0.29) is 27.3 Å². The number of carbonyl (C=O) groups excluding carboxylic acids is 1. The fourth-order valence-electron chi connectivity index (χ4n) is 1.95. The van der Waals surface area contributed by atoms with E-state index >= 15 is 0 Å². The van der Waals surface area contributed by atoms with Gasteiger partial charge in [0.05, 0.1) is 9.95 Å². The van der Waals surface area contributed by atoms with Crippen LogP contribution in [-0.2, 0) is 4.74 Å². The van der Waals surface area contributed by atoms with Gasteiger partial charge in [-0.15, -0.1) is 0 Å². The van der Waals surface area contributed by atoms with Gasteiger partial charge in [0.25, 0.3) is 11.6 Å². The molecule has 0 aliphatic carbocycles. The summed E-state index contributed by atoms with van der Waals surface area (Å²) in [6.07, 6.45) is 1.43.